The van der Waals surface area contributed by atoms with Crippen LogP contribution in [0.2, 0.25) is 5.15 Å². The molecule has 1 aromatic rings. The number of hydrogen-bond acceptors (Lipinski definition) is 5. The summed E-state index contributed by atoms with van der Waals surface area (Å²) in [5.41, 5.74) is -0.400. The van der Waals surface area contributed by atoms with Crippen molar-refractivity contribution in [2.45, 2.75) is 19.3 Å². The highest BCUT2D eigenvalue weighted by atomic mass is 35.5. The van der Waals surface area contributed by atoms with Crippen LogP contribution in [-0.4, -0.2) is 38.9 Å². The van der Waals surface area contributed by atoms with E-state index in [0.717, 1.165) is 25.5 Å². The van der Waals surface area contributed by atoms with Gasteiger partial charge in [-0.15, -0.1) is 5.10 Å². The lowest BCUT2D eigenvalue weighted by molar-refractivity contribution is -0.384. The topological polar surface area (TPSA) is 90.5 Å². The highest BCUT2D eigenvalue weighted by Crippen LogP contribution is 2.22. The Balaban J connectivity index is 2.04. The van der Waals surface area contributed by atoms with E-state index in [-0.39, 0.29) is 5.15 Å². The Morgan fingerprint density at radius 2 is 2.11 bits per heavy atom. The van der Waals surface area contributed by atoms with Crippen LogP contribution < -0.4 is 4.84 Å². The average Bonchev–Trinajstić information content (AvgIpc) is 2.72. The molecule has 0 unspecified atom stereocenters. The quantitative estimate of drug-likeness (QED) is 0.602. The summed E-state index contributed by atoms with van der Waals surface area (Å²) in [7, 11) is 0. The van der Waals surface area contributed by atoms with Gasteiger partial charge in [-0.3, -0.25) is 15.0 Å². The SMILES string of the molecule is O=C(On1ncc([N+](=O)[O-])c1Cl)N1CCCCC1. The predicted molar refractivity (Wildman–Crippen MR) is 61.3 cm³/mol. The number of nitrogens with zero attached hydrogens (tertiary/aromatic N) is 4. The van der Waals surface area contributed by atoms with Gasteiger partial charge < -0.3 is 4.90 Å². The Bertz CT molecular complexity index is 469. The first-order valence-corrected chi connectivity index (χ1v) is 5.82. The summed E-state index contributed by atoms with van der Waals surface area (Å²) in [6.07, 6.45) is 3.25. The molecule has 0 aromatic carbocycles. The van der Waals surface area contributed by atoms with Gasteiger partial charge in [0.2, 0.25) is 5.15 Å². The van der Waals surface area contributed by atoms with Crippen LogP contribution in [0.25, 0.3) is 0 Å². The fourth-order valence-corrected chi connectivity index (χ4v) is 1.90. The van der Waals surface area contributed by atoms with Crippen LogP contribution in [0.5, 0.6) is 0 Å². The molecule has 1 fully saturated rings. The molecular formula is C9H11ClN4O4. The molecule has 0 radical (unpaired) electrons. The van der Waals surface area contributed by atoms with Gasteiger partial charge in [0.25, 0.3) is 0 Å². The van der Waals surface area contributed by atoms with Crippen molar-refractivity contribution in [2.24, 2.45) is 0 Å². The molecule has 98 valence electrons. The number of aromatic nitrogens is 2. The molecule has 18 heavy (non-hydrogen) atoms. The van der Waals surface area contributed by atoms with Crippen molar-refractivity contribution in [3.63, 3.8) is 0 Å². The molecule has 1 saturated heterocycles. The fourth-order valence-electron chi connectivity index (χ4n) is 1.70. The molecule has 0 aliphatic carbocycles. The van der Waals surface area contributed by atoms with Gasteiger partial charge in [-0.05, 0) is 19.3 Å². The zero-order chi connectivity index (χ0) is 13.1. The maximum absolute atomic E-state index is 11.7. The summed E-state index contributed by atoms with van der Waals surface area (Å²) in [5, 5.41) is 13.8. The van der Waals surface area contributed by atoms with Crippen molar-refractivity contribution in [2.75, 3.05) is 13.1 Å². The molecule has 0 atom stereocenters. The van der Waals surface area contributed by atoms with E-state index in [1.807, 2.05) is 0 Å². The van der Waals surface area contributed by atoms with E-state index in [4.69, 9.17) is 16.4 Å². The first-order valence-electron chi connectivity index (χ1n) is 5.45. The van der Waals surface area contributed by atoms with E-state index in [2.05, 4.69) is 5.10 Å². The smallest absolute Gasteiger partial charge is 0.306 e. The van der Waals surface area contributed by atoms with Gasteiger partial charge in [-0.1, -0.05) is 16.4 Å². The molecule has 0 N–H and O–H groups in total. The van der Waals surface area contributed by atoms with E-state index in [1.54, 1.807) is 0 Å². The zero-order valence-corrected chi connectivity index (χ0v) is 10.2. The van der Waals surface area contributed by atoms with E-state index in [9.17, 15) is 14.9 Å². The van der Waals surface area contributed by atoms with E-state index < -0.39 is 16.7 Å². The van der Waals surface area contributed by atoms with E-state index >= 15 is 0 Å². The molecule has 1 aliphatic heterocycles. The third kappa shape index (κ3) is 2.53. The van der Waals surface area contributed by atoms with Gasteiger partial charge in [0.15, 0.2) is 0 Å². The minimum Gasteiger partial charge on any atom is -0.306 e. The summed E-state index contributed by atoms with van der Waals surface area (Å²) in [6, 6.07) is 0. The predicted octanol–water partition coefficient (Wildman–Crippen LogP) is 1.48. The summed E-state index contributed by atoms with van der Waals surface area (Å²) < 4.78 is 0. The molecular weight excluding hydrogens is 264 g/mol. The van der Waals surface area contributed by atoms with E-state index in [0.29, 0.717) is 17.9 Å². The number of nitro groups is 1. The maximum Gasteiger partial charge on any atom is 0.435 e. The van der Waals surface area contributed by atoms with Crippen molar-refractivity contribution >= 4 is 23.4 Å². The second-order valence-electron chi connectivity index (χ2n) is 3.86. The number of amides is 1. The Morgan fingerprint density at radius 3 is 2.67 bits per heavy atom. The van der Waals surface area contributed by atoms with Crippen molar-refractivity contribution < 1.29 is 14.6 Å². The Hall–Kier alpha value is -1.83. The minimum absolute atomic E-state index is 0.328. The number of piperidine rings is 1. The van der Waals surface area contributed by atoms with Gasteiger partial charge in [0, 0.05) is 13.1 Å². The maximum atomic E-state index is 11.7. The van der Waals surface area contributed by atoms with Gasteiger partial charge in [-0.2, -0.15) is 0 Å². The summed E-state index contributed by atoms with van der Waals surface area (Å²) >= 11 is 5.67. The van der Waals surface area contributed by atoms with Gasteiger partial charge in [-0.25, -0.2) is 4.79 Å². The number of hydrogen-bond donors (Lipinski definition) is 0. The average molecular weight is 275 g/mol. The summed E-state index contributed by atoms with van der Waals surface area (Å²) in [5.74, 6) is 0. The van der Waals surface area contributed by atoms with Crippen LogP contribution in [0.15, 0.2) is 6.20 Å². The largest absolute Gasteiger partial charge is 0.435 e. The van der Waals surface area contributed by atoms with Crippen LogP contribution in [-0.2, 0) is 0 Å². The summed E-state index contributed by atoms with van der Waals surface area (Å²) in [6.45, 7) is 1.22. The minimum atomic E-state index is -0.694. The second-order valence-corrected chi connectivity index (χ2v) is 4.21. The van der Waals surface area contributed by atoms with Crippen LogP contribution >= 0.6 is 11.6 Å². The summed E-state index contributed by atoms with van der Waals surface area (Å²) in [4.78, 5) is 28.6. The molecule has 9 heteroatoms. The molecule has 8 nitrogen and oxygen atoms in total. The van der Waals surface area contributed by atoms with Crippen LogP contribution in [0, 0.1) is 10.1 Å². The third-order valence-corrected chi connectivity index (χ3v) is 2.98. The molecule has 1 amide bonds. The van der Waals surface area contributed by atoms with Crippen molar-refractivity contribution in [1.29, 1.82) is 0 Å². The first kappa shape index (κ1) is 12.6. The number of carbonyl (C=O) groups excluding carboxylic acids is 1. The van der Waals surface area contributed by atoms with Crippen LogP contribution in [0.3, 0.4) is 0 Å². The number of halogens is 1. The molecule has 0 spiro atoms. The van der Waals surface area contributed by atoms with Crippen molar-refractivity contribution in [3.8, 4) is 0 Å². The first-order chi connectivity index (χ1) is 8.59. The lowest BCUT2D eigenvalue weighted by atomic mass is 10.1. The van der Waals surface area contributed by atoms with Crippen molar-refractivity contribution in [1.82, 2.24) is 14.8 Å². The standard InChI is InChI=1S/C9H11ClN4O4/c10-8-7(14(16)17)6-11-13(8)18-9(15)12-4-2-1-3-5-12/h6H,1-5H2. The molecule has 0 saturated carbocycles. The molecule has 2 rings (SSSR count). The van der Waals surface area contributed by atoms with Gasteiger partial charge in [0.1, 0.15) is 6.20 Å². The Labute approximate surface area is 107 Å². The van der Waals surface area contributed by atoms with Gasteiger partial charge >= 0.3 is 11.8 Å². The molecule has 1 aliphatic rings. The highest BCUT2D eigenvalue weighted by molar-refractivity contribution is 6.31. The van der Waals surface area contributed by atoms with E-state index in [1.165, 1.54) is 4.90 Å². The monoisotopic (exact) mass is 274 g/mol. The lowest BCUT2D eigenvalue weighted by Gasteiger charge is -2.25. The van der Waals surface area contributed by atoms with Crippen LogP contribution in [0.4, 0.5) is 10.5 Å². The number of rotatable bonds is 2. The highest BCUT2D eigenvalue weighted by Gasteiger charge is 2.24. The normalized spacial score (nSPS) is 15.5. The third-order valence-electron chi connectivity index (χ3n) is 2.64. The Kier molecular flexibility index (Phi) is 3.66. The van der Waals surface area contributed by atoms with Crippen LogP contribution in [0.1, 0.15) is 19.3 Å². The molecule has 1 aromatic heterocycles. The van der Waals surface area contributed by atoms with Gasteiger partial charge in [0.05, 0.1) is 4.92 Å². The van der Waals surface area contributed by atoms with Crippen molar-refractivity contribution in [3.05, 3.63) is 21.5 Å². The number of likely N-dealkylation sites (tertiary alicyclic amines) is 1. The number of carbonyl (C=O) groups is 1. The molecule has 2 heterocycles. The Morgan fingerprint density at radius 1 is 1.44 bits per heavy atom. The second kappa shape index (κ2) is 5.21. The molecule has 0 bridgehead atoms. The lowest BCUT2D eigenvalue weighted by Crippen LogP contribution is -2.40. The zero-order valence-electron chi connectivity index (χ0n) is 9.41. The fraction of sp³-hybridized carbons (Fsp3) is 0.556.